The maximum absolute atomic E-state index is 8.91. The third kappa shape index (κ3) is 3.66. The monoisotopic (exact) mass is 260 g/mol. The molecule has 1 saturated heterocycles. The summed E-state index contributed by atoms with van der Waals surface area (Å²) in [4.78, 5) is 8.84. The molecule has 0 aliphatic carbocycles. The van der Waals surface area contributed by atoms with E-state index in [4.69, 9.17) is 10.00 Å². The number of rotatable bonds is 4. The topological polar surface area (TPSA) is 52.4 Å². The molecule has 1 aliphatic heterocycles. The molecule has 1 aromatic rings. The van der Waals surface area contributed by atoms with Gasteiger partial charge in [0.1, 0.15) is 5.82 Å². The number of ether oxygens (including phenoxy) is 1. The van der Waals surface area contributed by atoms with E-state index in [0.717, 1.165) is 38.7 Å². The Morgan fingerprint density at radius 1 is 1.53 bits per heavy atom. The van der Waals surface area contributed by atoms with Gasteiger partial charge in [0.2, 0.25) is 0 Å². The van der Waals surface area contributed by atoms with E-state index in [1.54, 1.807) is 12.3 Å². The number of pyridine rings is 1. The molecule has 1 atom stereocenters. The van der Waals surface area contributed by atoms with Crippen LogP contribution < -0.4 is 4.90 Å². The molecule has 0 aromatic carbocycles. The molecular formula is C14H20N4O. The van der Waals surface area contributed by atoms with Crippen molar-refractivity contribution in [2.24, 2.45) is 0 Å². The number of anilines is 1. The molecular weight excluding hydrogens is 240 g/mol. The van der Waals surface area contributed by atoms with Gasteiger partial charge < -0.3 is 9.64 Å². The number of nitriles is 1. The van der Waals surface area contributed by atoms with Gasteiger partial charge >= 0.3 is 0 Å². The number of morpholine rings is 1. The van der Waals surface area contributed by atoms with Crippen molar-refractivity contribution >= 4 is 5.82 Å². The van der Waals surface area contributed by atoms with Crippen LogP contribution in [0.25, 0.3) is 0 Å². The zero-order valence-electron chi connectivity index (χ0n) is 11.5. The van der Waals surface area contributed by atoms with E-state index in [1.807, 2.05) is 13.1 Å². The van der Waals surface area contributed by atoms with Crippen molar-refractivity contribution < 1.29 is 4.74 Å². The first-order valence-electron chi connectivity index (χ1n) is 6.60. The first kappa shape index (κ1) is 13.8. The van der Waals surface area contributed by atoms with Crippen molar-refractivity contribution in [3.63, 3.8) is 0 Å². The van der Waals surface area contributed by atoms with E-state index in [0.29, 0.717) is 11.6 Å². The highest BCUT2D eigenvalue weighted by atomic mass is 16.5. The van der Waals surface area contributed by atoms with Crippen LogP contribution in [-0.2, 0) is 4.74 Å². The summed E-state index contributed by atoms with van der Waals surface area (Å²) in [5, 5.41) is 8.91. The Hall–Kier alpha value is -1.64. The van der Waals surface area contributed by atoms with Crippen molar-refractivity contribution in [3.8, 4) is 6.07 Å². The number of likely N-dealkylation sites (N-methyl/N-ethyl adjacent to an activating group) is 1. The van der Waals surface area contributed by atoms with Gasteiger partial charge in [0.15, 0.2) is 0 Å². The predicted octanol–water partition coefficient (Wildman–Crippen LogP) is 1.11. The number of nitrogens with zero attached hydrogens (tertiary/aromatic N) is 4. The summed E-state index contributed by atoms with van der Waals surface area (Å²) >= 11 is 0. The van der Waals surface area contributed by atoms with E-state index in [1.165, 1.54) is 0 Å². The molecule has 0 bridgehead atoms. The highest BCUT2D eigenvalue weighted by Crippen LogP contribution is 2.13. The second kappa shape index (κ2) is 6.50. The smallest absolute Gasteiger partial charge is 0.129 e. The highest BCUT2D eigenvalue weighted by Gasteiger charge is 2.18. The first-order chi connectivity index (χ1) is 9.20. The molecule has 2 rings (SSSR count). The maximum atomic E-state index is 8.91. The number of hydrogen-bond acceptors (Lipinski definition) is 5. The largest absolute Gasteiger partial charge is 0.379 e. The Labute approximate surface area is 114 Å². The van der Waals surface area contributed by atoms with Gasteiger partial charge in [-0.15, -0.1) is 0 Å². The molecule has 0 spiro atoms. The van der Waals surface area contributed by atoms with Crippen LogP contribution >= 0.6 is 0 Å². The fourth-order valence-corrected chi connectivity index (χ4v) is 2.32. The van der Waals surface area contributed by atoms with Gasteiger partial charge in [-0.3, -0.25) is 4.90 Å². The molecule has 5 nitrogen and oxygen atoms in total. The van der Waals surface area contributed by atoms with Crippen LogP contribution in [0, 0.1) is 11.3 Å². The molecule has 0 unspecified atom stereocenters. The van der Waals surface area contributed by atoms with Crippen LogP contribution in [0.15, 0.2) is 18.3 Å². The molecule has 2 heterocycles. The Balaban J connectivity index is 1.95. The van der Waals surface area contributed by atoms with Gasteiger partial charge in [0, 0.05) is 38.9 Å². The Bertz CT molecular complexity index is 451. The molecule has 0 N–H and O–H groups in total. The lowest BCUT2D eigenvalue weighted by molar-refractivity contribution is 0.0218. The molecule has 5 heteroatoms. The molecule has 0 saturated carbocycles. The number of hydrogen-bond donors (Lipinski definition) is 0. The molecule has 1 aromatic heterocycles. The summed E-state index contributed by atoms with van der Waals surface area (Å²) in [5.74, 6) is 0.846. The van der Waals surface area contributed by atoms with E-state index in [2.05, 4.69) is 27.8 Å². The lowest BCUT2D eigenvalue weighted by atomic mass is 10.2. The summed E-state index contributed by atoms with van der Waals surface area (Å²) in [6.45, 7) is 6.71. The quantitative estimate of drug-likeness (QED) is 0.811. The first-order valence-corrected chi connectivity index (χ1v) is 6.60. The zero-order valence-corrected chi connectivity index (χ0v) is 11.5. The van der Waals surface area contributed by atoms with Crippen LogP contribution in [0.2, 0.25) is 0 Å². The fraction of sp³-hybridized carbons (Fsp3) is 0.571. The minimum atomic E-state index is 0.446. The van der Waals surface area contributed by atoms with Gasteiger partial charge in [-0.2, -0.15) is 5.26 Å². The number of aromatic nitrogens is 1. The second-order valence-corrected chi connectivity index (χ2v) is 4.89. The summed E-state index contributed by atoms with van der Waals surface area (Å²) < 4.78 is 5.37. The van der Waals surface area contributed by atoms with Crippen LogP contribution in [0.3, 0.4) is 0 Å². The van der Waals surface area contributed by atoms with Crippen LogP contribution in [0.5, 0.6) is 0 Å². The average molecular weight is 260 g/mol. The normalized spacial score (nSPS) is 17.7. The standard InChI is InChI=1S/C14H20N4O/c1-12(18-5-7-19-8-6-18)11-17(2)14-9-13(10-15)3-4-16-14/h3-4,9,12H,5-8,11H2,1-2H3/t12-/m0/s1. The molecule has 102 valence electrons. The Kier molecular flexibility index (Phi) is 4.72. The van der Waals surface area contributed by atoms with Crippen LogP contribution in [0.4, 0.5) is 5.82 Å². The lowest BCUT2D eigenvalue weighted by Gasteiger charge is -2.34. The highest BCUT2D eigenvalue weighted by molar-refractivity contribution is 5.44. The molecule has 1 aliphatic rings. The predicted molar refractivity (Wildman–Crippen MR) is 74.1 cm³/mol. The van der Waals surface area contributed by atoms with E-state index in [-0.39, 0.29) is 0 Å². The van der Waals surface area contributed by atoms with Gasteiger partial charge in [-0.25, -0.2) is 4.98 Å². The molecule has 19 heavy (non-hydrogen) atoms. The Morgan fingerprint density at radius 3 is 2.95 bits per heavy atom. The summed E-state index contributed by atoms with van der Waals surface area (Å²) in [6.07, 6.45) is 1.68. The SMILES string of the molecule is C[C@@H](CN(C)c1cc(C#N)ccn1)N1CCOCC1. The van der Waals surface area contributed by atoms with Crippen molar-refractivity contribution in [2.45, 2.75) is 13.0 Å². The van der Waals surface area contributed by atoms with E-state index >= 15 is 0 Å². The summed E-state index contributed by atoms with van der Waals surface area (Å²) in [7, 11) is 2.01. The fourth-order valence-electron chi connectivity index (χ4n) is 2.32. The minimum Gasteiger partial charge on any atom is -0.379 e. The minimum absolute atomic E-state index is 0.446. The Morgan fingerprint density at radius 2 is 2.26 bits per heavy atom. The second-order valence-electron chi connectivity index (χ2n) is 4.89. The molecule has 1 fully saturated rings. The summed E-state index contributed by atoms with van der Waals surface area (Å²) in [5.41, 5.74) is 0.649. The van der Waals surface area contributed by atoms with Crippen molar-refractivity contribution in [2.75, 3.05) is 44.8 Å². The van der Waals surface area contributed by atoms with Crippen molar-refractivity contribution in [1.82, 2.24) is 9.88 Å². The van der Waals surface area contributed by atoms with Gasteiger partial charge in [-0.1, -0.05) is 0 Å². The van der Waals surface area contributed by atoms with Gasteiger partial charge in [0.05, 0.1) is 24.8 Å². The van der Waals surface area contributed by atoms with Crippen LogP contribution in [0.1, 0.15) is 12.5 Å². The zero-order chi connectivity index (χ0) is 13.7. The molecule has 0 amide bonds. The third-order valence-electron chi connectivity index (χ3n) is 3.47. The average Bonchev–Trinajstić information content (AvgIpc) is 2.48. The van der Waals surface area contributed by atoms with Gasteiger partial charge in [-0.05, 0) is 19.1 Å². The maximum Gasteiger partial charge on any atom is 0.129 e. The summed E-state index contributed by atoms with van der Waals surface area (Å²) in [6, 6.07) is 6.14. The third-order valence-corrected chi connectivity index (χ3v) is 3.47. The van der Waals surface area contributed by atoms with E-state index in [9.17, 15) is 0 Å². The van der Waals surface area contributed by atoms with Crippen molar-refractivity contribution in [3.05, 3.63) is 23.9 Å². The lowest BCUT2D eigenvalue weighted by Crippen LogP contribution is -2.46. The van der Waals surface area contributed by atoms with Crippen LogP contribution in [-0.4, -0.2) is 55.8 Å². The van der Waals surface area contributed by atoms with Gasteiger partial charge in [0.25, 0.3) is 0 Å². The van der Waals surface area contributed by atoms with E-state index < -0.39 is 0 Å². The van der Waals surface area contributed by atoms with Crippen molar-refractivity contribution in [1.29, 1.82) is 5.26 Å². The molecule has 0 radical (unpaired) electrons.